The van der Waals surface area contributed by atoms with Crippen LogP contribution in [-0.4, -0.2) is 35.9 Å². The van der Waals surface area contributed by atoms with Gasteiger partial charge in [0.25, 0.3) is 5.91 Å². The van der Waals surface area contributed by atoms with Gasteiger partial charge >= 0.3 is 0 Å². The summed E-state index contributed by atoms with van der Waals surface area (Å²) in [6, 6.07) is 3.66. The monoisotopic (exact) mass is 263 g/mol. The third-order valence-electron chi connectivity index (χ3n) is 3.35. The highest BCUT2D eigenvalue weighted by Gasteiger charge is 2.17. The van der Waals surface area contributed by atoms with Crippen molar-refractivity contribution in [3.63, 3.8) is 0 Å². The average molecular weight is 263 g/mol. The summed E-state index contributed by atoms with van der Waals surface area (Å²) < 4.78 is 0. The Morgan fingerprint density at radius 1 is 1.42 bits per heavy atom. The van der Waals surface area contributed by atoms with Crippen LogP contribution in [0.4, 0.5) is 5.82 Å². The van der Waals surface area contributed by atoms with E-state index in [0.29, 0.717) is 11.5 Å². The molecule has 1 heterocycles. The molecule has 0 fully saturated rings. The normalized spacial score (nSPS) is 12.1. The Labute approximate surface area is 116 Å². The van der Waals surface area contributed by atoms with Crippen molar-refractivity contribution >= 4 is 11.7 Å². The van der Waals surface area contributed by atoms with E-state index in [4.69, 9.17) is 0 Å². The van der Waals surface area contributed by atoms with Gasteiger partial charge in [0, 0.05) is 31.4 Å². The maximum absolute atomic E-state index is 12.5. The highest BCUT2D eigenvalue weighted by atomic mass is 16.2. The van der Waals surface area contributed by atoms with E-state index in [-0.39, 0.29) is 5.91 Å². The SMILES string of the molecule is CCC(C)CN(CC)C(=O)c1cc(C)nc(NC)c1. The number of amides is 1. The fourth-order valence-electron chi connectivity index (χ4n) is 1.96. The molecule has 19 heavy (non-hydrogen) atoms. The maximum Gasteiger partial charge on any atom is 0.254 e. The highest BCUT2D eigenvalue weighted by molar-refractivity contribution is 5.95. The van der Waals surface area contributed by atoms with Crippen molar-refractivity contribution in [2.45, 2.75) is 34.1 Å². The molecule has 4 nitrogen and oxygen atoms in total. The molecular formula is C15H25N3O. The van der Waals surface area contributed by atoms with E-state index in [0.717, 1.165) is 31.0 Å². The first-order valence-electron chi connectivity index (χ1n) is 6.97. The molecule has 0 aliphatic rings. The number of anilines is 1. The minimum Gasteiger partial charge on any atom is -0.373 e. The Morgan fingerprint density at radius 2 is 2.11 bits per heavy atom. The van der Waals surface area contributed by atoms with Gasteiger partial charge in [0.2, 0.25) is 0 Å². The van der Waals surface area contributed by atoms with E-state index in [2.05, 4.69) is 24.1 Å². The van der Waals surface area contributed by atoms with Gasteiger partial charge in [-0.05, 0) is 31.9 Å². The Balaban J connectivity index is 2.93. The molecule has 0 saturated carbocycles. The van der Waals surface area contributed by atoms with Gasteiger partial charge in [-0.3, -0.25) is 4.79 Å². The molecule has 1 amide bonds. The second kappa shape index (κ2) is 7.12. The minimum absolute atomic E-state index is 0.0878. The van der Waals surface area contributed by atoms with Crippen molar-refractivity contribution in [2.75, 3.05) is 25.5 Å². The molecule has 1 N–H and O–H groups in total. The summed E-state index contributed by atoms with van der Waals surface area (Å²) in [5, 5.41) is 2.99. The van der Waals surface area contributed by atoms with Crippen LogP contribution in [-0.2, 0) is 0 Å². The first-order chi connectivity index (χ1) is 9.01. The number of rotatable bonds is 6. The number of hydrogen-bond acceptors (Lipinski definition) is 3. The molecule has 1 aromatic heterocycles. The molecule has 0 aliphatic heterocycles. The summed E-state index contributed by atoms with van der Waals surface area (Å²) in [5.74, 6) is 1.35. The van der Waals surface area contributed by atoms with E-state index in [1.54, 1.807) is 0 Å². The Kier molecular flexibility index (Phi) is 5.80. The molecule has 1 rings (SSSR count). The molecule has 0 aromatic carbocycles. The van der Waals surface area contributed by atoms with Gasteiger partial charge in [-0.25, -0.2) is 4.98 Å². The smallest absolute Gasteiger partial charge is 0.254 e. The molecule has 0 saturated heterocycles. The number of aromatic nitrogens is 1. The molecule has 1 aromatic rings. The summed E-state index contributed by atoms with van der Waals surface area (Å²) in [7, 11) is 1.81. The standard InChI is InChI=1S/C15H25N3O/c1-6-11(3)10-18(7-2)15(19)13-8-12(4)17-14(9-13)16-5/h8-9,11H,6-7,10H2,1-5H3,(H,16,17). The van der Waals surface area contributed by atoms with Crippen LogP contribution in [0.3, 0.4) is 0 Å². The number of nitrogens with one attached hydrogen (secondary N) is 1. The fourth-order valence-corrected chi connectivity index (χ4v) is 1.96. The van der Waals surface area contributed by atoms with Crippen LogP contribution in [0.25, 0.3) is 0 Å². The van der Waals surface area contributed by atoms with Crippen LogP contribution in [0, 0.1) is 12.8 Å². The van der Waals surface area contributed by atoms with E-state index >= 15 is 0 Å². The Morgan fingerprint density at radius 3 is 2.63 bits per heavy atom. The lowest BCUT2D eigenvalue weighted by Gasteiger charge is -2.24. The van der Waals surface area contributed by atoms with Gasteiger partial charge in [0.05, 0.1) is 0 Å². The van der Waals surface area contributed by atoms with E-state index in [1.165, 1.54) is 0 Å². The topological polar surface area (TPSA) is 45.2 Å². The van der Waals surface area contributed by atoms with Crippen LogP contribution >= 0.6 is 0 Å². The molecule has 1 atom stereocenters. The number of nitrogens with zero attached hydrogens (tertiary/aromatic N) is 2. The fraction of sp³-hybridized carbons (Fsp3) is 0.600. The van der Waals surface area contributed by atoms with Crippen LogP contribution in [0.5, 0.6) is 0 Å². The third kappa shape index (κ3) is 4.23. The molecule has 0 radical (unpaired) electrons. The minimum atomic E-state index is 0.0878. The second-order valence-corrected chi connectivity index (χ2v) is 4.99. The zero-order valence-corrected chi connectivity index (χ0v) is 12.7. The lowest BCUT2D eigenvalue weighted by molar-refractivity contribution is 0.0740. The molecular weight excluding hydrogens is 238 g/mol. The quantitative estimate of drug-likeness (QED) is 0.858. The number of pyridine rings is 1. The predicted octanol–water partition coefficient (Wildman–Crippen LogP) is 2.94. The zero-order valence-electron chi connectivity index (χ0n) is 12.7. The van der Waals surface area contributed by atoms with E-state index in [9.17, 15) is 4.79 Å². The van der Waals surface area contributed by atoms with E-state index in [1.807, 2.05) is 37.9 Å². The molecule has 106 valence electrons. The average Bonchev–Trinajstić information content (AvgIpc) is 2.42. The second-order valence-electron chi connectivity index (χ2n) is 4.99. The lowest BCUT2D eigenvalue weighted by atomic mass is 10.1. The van der Waals surface area contributed by atoms with Crippen LogP contribution < -0.4 is 5.32 Å². The van der Waals surface area contributed by atoms with Gasteiger partial charge in [0.15, 0.2) is 0 Å². The highest BCUT2D eigenvalue weighted by Crippen LogP contribution is 2.14. The molecule has 0 spiro atoms. The predicted molar refractivity (Wildman–Crippen MR) is 79.6 cm³/mol. The maximum atomic E-state index is 12.5. The van der Waals surface area contributed by atoms with Gasteiger partial charge in [-0.15, -0.1) is 0 Å². The molecule has 4 heteroatoms. The van der Waals surface area contributed by atoms with Gasteiger partial charge in [-0.2, -0.15) is 0 Å². The number of aryl methyl sites for hydroxylation is 1. The Hall–Kier alpha value is -1.58. The van der Waals surface area contributed by atoms with Gasteiger partial charge in [-0.1, -0.05) is 20.3 Å². The summed E-state index contributed by atoms with van der Waals surface area (Å²) in [6.07, 6.45) is 1.08. The van der Waals surface area contributed by atoms with Crippen LogP contribution in [0.2, 0.25) is 0 Å². The third-order valence-corrected chi connectivity index (χ3v) is 3.35. The number of hydrogen-bond donors (Lipinski definition) is 1. The van der Waals surface area contributed by atoms with Crippen molar-refractivity contribution in [3.05, 3.63) is 23.4 Å². The lowest BCUT2D eigenvalue weighted by Crippen LogP contribution is -2.34. The number of carbonyl (C=O) groups is 1. The summed E-state index contributed by atoms with van der Waals surface area (Å²) in [6.45, 7) is 9.79. The van der Waals surface area contributed by atoms with Crippen LogP contribution in [0.15, 0.2) is 12.1 Å². The Bertz CT molecular complexity index is 431. The van der Waals surface area contributed by atoms with Crippen LogP contribution in [0.1, 0.15) is 43.2 Å². The summed E-state index contributed by atoms with van der Waals surface area (Å²) >= 11 is 0. The van der Waals surface area contributed by atoms with Crippen molar-refractivity contribution in [1.82, 2.24) is 9.88 Å². The largest absolute Gasteiger partial charge is 0.373 e. The van der Waals surface area contributed by atoms with E-state index < -0.39 is 0 Å². The van der Waals surface area contributed by atoms with Crippen molar-refractivity contribution < 1.29 is 4.79 Å². The summed E-state index contributed by atoms with van der Waals surface area (Å²) in [5.41, 5.74) is 1.57. The molecule has 0 aliphatic carbocycles. The molecule has 1 unspecified atom stereocenters. The van der Waals surface area contributed by atoms with Crippen molar-refractivity contribution in [3.8, 4) is 0 Å². The summed E-state index contributed by atoms with van der Waals surface area (Å²) in [4.78, 5) is 18.7. The van der Waals surface area contributed by atoms with Gasteiger partial charge in [0.1, 0.15) is 5.82 Å². The van der Waals surface area contributed by atoms with Gasteiger partial charge < -0.3 is 10.2 Å². The molecule has 0 bridgehead atoms. The zero-order chi connectivity index (χ0) is 14.4. The van der Waals surface area contributed by atoms with Crippen molar-refractivity contribution in [2.24, 2.45) is 5.92 Å². The number of carbonyl (C=O) groups excluding carboxylic acids is 1. The first kappa shape index (κ1) is 15.5. The van der Waals surface area contributed by atoms with Crippen molar-refractivity contribution in [1.29, 1.82) is 0 Å². The first-order valence-corrected chi connectivity index (χ1v) is 6.97.